The zero-order valence-electron chi connectivity index (χ0n) is 11.9. The molecule has 1 heteroatoms. The van der Waals surface area contributed by atoms with Crippen molar-refractivity contribution in [2.24, 2.45) is 5.92 Å². The van der Waals surface area contributed by atoms with Gasteiger partial charge in [0, 0.05) is 18.8 Å². The maximum absolute atomic E-state index is 4.10. The minimum absolute atomic E-state index is 0.609. The lowest BCUT2D eigenvalue weighted by molar-refractivity contribution is 0.459. The third kappa shape index (κ3) is 2.95. The van der Waals surface area contributed by atoms with E-state index in [1.807, 2.05) is 0 Å². The first kappa shape index (κ1) is 13.2. The number of allylic oxidation sites excluding steroid dienone is 1. The van der Waals surface area contributed by atoms with Gasteiger partial charge in [0.2, 0.25) is 0 Å². The standard InChI is InChI=1S/C17H25N/c1-13(2)15-8-10-18(11-9-15)17-7-5-6-16(12-17)14(3)4/h5-7,12,14-15H,1,8-11H2,2-4H3. The van der Waals surface area contributed by atoms with Gasteiger partial charge in [0.1, 0.15) is 0 Å². The number of nitrogens with zero attached hydrogens (tertiary/aromatic N) is 1. The quantitative estimate of drug-likeness (QED) is 0.701. The lowest BCUT2D eigenvalue weighted by Crippen LogP contribution is -2.33. The van der Waals surface area contributed by atoms with Gasteiger partial charge >= 0.3 is 0 Å². The molecule has 98 valence electrons. The van der Waals surface area contributed by atoms with Crippen molar-refractivity contribution in [2.45, 2.75) is 39.5 Å². The lowest BCUT2D eigenvalue weighted by Gasteiger charge is -2.34. The Balaban J connectivity index is 2.05. The molecular weight excluding hydrogens is 218 g/mol. The second-order valence-electron chi connectivity index (χ2n) is 5.86. The lowest BCUT2D eigenvalue weighted by atomic mass is 9.90. The highest BCUT2D eigenvalue weighted by molar-refractivity contribution is 5.49. The summed E-state index contributed by atoms with van der Waals surface area (Å²) in [4.78, 5) is 2.52. The zero-order valence-corrected chi connectivity index (χ0v) is 11.9. The Morgan fingerprint density at radius 2 is 1.94 bits per heavy atom. The number of piperidine rings is 1. The Morgan fingerprint density at radius 3 is 2.50 bits per heavy atom. The van der Waals surface area contributed by atoms with E-state index in [2.05, 4.69) is 56.5 Å². The molecule has 0 N–H and O–H groups in total. The van der Waals surface area contributed by atoms with E-state index in [-0.39, 0.29) is 0 Å². The van der Waals surface area contributed by atoms with Crippen LogP contribution in [0.5, 0.6) is 0 Å². The van der Waals surface area contributed by atoms with Crippen LogP contribution in [0.25, 0.3) is 0 Å². The van der Waals surface area contributed by atoms with E-state index in [9.17, 15) is 0 Å². The van der Waals surface area contributed by atoms with Crippen molar-refractivity contribution in [1.29, 1.82) is 0 Å². The molecule has 18 heavy (non-hydrogen) atoms. The van der Waals surface area contributed by atoms with Crippen LogP contribution in [0, 0.1) is 5.92 Å². The Kier molecular flexibility index (Phi) is 4.11. The molecule has 0 bridgehead atoms. The second-order valence-corrected chi connectivity index (χ2v) is 5.86. The molecule has 1 fully saturated rings. The Morgan fingerprint density at radius 1 is 1.28 bits per heavy atom. The van der Waals surface area contributed by atoms with Gasteiger partial charge in [-0.2, -0.15) is 0 Å². The molecule has 0 atom stereocenters. The highest BCUT2D eigenvalue weighted by atomic mass is 15.1. The fourth-order valence-corrected chi connectivity index (χ4v) is 2.71. The summed E-state index contributed by atoms with van der Waals surface area (Å²) >= 11 is 0. The fraction of sp³-hybridized carbons (Fsp3) is 0.529. The molecule has 1 saturated heterocycles. The molecule has 0 saturated carbocycles. The molecule has 1 aromatic carbocycles. The van der Waals surface area contributed by atoms with Crippen LogP contribution in [-0.2, 0) is 0 Å². The van der Waals surface area contributed by atoms with Crippen LogP contribution in [0.2, 0.25) is 0 Å². The molecule has 0 amide bonds. The monoisotopic (exact) mass is 243 g/mol. The number of anilines is 1. The molecule has 0 unspecified atom stereocenters. The summed E-state index contributed by atoms with van der Waals surface area (Å²) < 4.78 is 0. The average Bonchev–Trinajstić information content (AvgIpc) is 2.39. The highest BCUT2D eigenvalue weighted by Crippen LogP contribution is 2.28. The van der Waals surface area contributed by atoms with Gasteiger partial charge in [-0.25, -0.2) is 0 Å². The van der Waals surface area contributed by atoms with Crippen molar-refractivity contribution in [3.05, 3.63) is 42.0 Å². The second kappa shape index (κ2) is 5.60. The van der Waals surface area contributed by atoms with E-state index < -0.39 is 0 Å². The van der Waals surface area contributed by atoms with Crippen LogP contribution in [-0.4, -0.2) is 13.1 Å². The maximum Gasteiger partial charge on any atom is 0.0369 e. The van der Waals surface area contributed by atoms with Crippen molar-refractivity contribution in [3.63, 3.8) is 0 Å². The Bertz CT molecular complexity index is 411. The molecule has 0 aliphatic carbocycles. The largest absolute Gasteiger partial charge is 0.371 e. The van der Waals surface area contributed by atoms with Crippen molar-refractivity contribution < 1.29 is 0 Å². The molecule has 1 heterocycles. The first-order valence-corrected chi connectivity index (χ1v) is 7.08. The predicted octanol–water partition coefficient (Wildman–Crippen LogP) is 4.60. The van der Waals surface area contributed by atoms with E-state index in [0.717, 1.165) is 5.92 Å². The van der Waals surface area contributed by atoms with Crippen LogP contribution in [0.1, 0.15) is 45.1 Å². The van der Waals surface area contributed by atoms with Crippen LogP contribution in [0.4, 0.5) is 5.69 Å². The maximum atomic E-state index is 4.10. The van der Waals surface area contributed by atoms with E-state index in [4.69, 9.17) is 0 Å². The summed E-state index contributed by atoms with van der Waals surface area (Å²) in [6, 6.07) is 9.02. The summed E-state index contributed by atoms with van der Waals surface area (Å²) in [6.45, 7) is 13.1. The third-order valence-corrected chi connectivity index (χ3v) is 4.09. The van der Waals surface area contributed by atoms with Gasteiger partial charge in [0.15, 0.2) is 0 Å². The first-order valence-electron chi connectivity index (χ1n) is 7.08. The molecule has 1 nitrogen and oxygen atoms in total. The molecule has 2 rings (SSSR count). The van der Waals surface area contributed by atoms with E-state index in [0.29, 0.717) is 5.92 Å². The first-order chi connectivity index (χ1) is 8.58. The number of benzene rings is 1. The summed E-state index contributed by atoms with van der Waals surface area (Å²) in [5, 5.41) is 0. The molecule has 0 aromatic heterocycles. The summed E-state index contributed by atoms with van der Waals surface area (Å²) in [6.07, 6.45) is 2.50. The van der Waals surface area contributed by atoms with Crippen LogP contribution in [0.15, 0.2) is 36.4 Å². The highest BCUT2D eigenvalue weighted by Gasteiger charge is 2.19. The molecular formula is C17H25N. The van der Waals surface area contributed by atoms with E-state index >= 15 is 0 Å². The number of hydrogen-bond acceptors (Lipinski definition) is 1. The summed E-state index contributed by atoms with van der Waals surface area (Å²) in [5.41, 5.74) is 4.18. The summed E-state index contributed by atoms with van der Waals surface area (Å²) in [5.74, 6) is 1.34. The van der Waals surface area contributed by atoms with Crippen molar-refractivity contribution >= 4 is 5.69 Å². The van der Waals surface area contributed by atoms with Gasteiger partial charge in [-0.3, -0.25) is 0 Å². The Labute approximate surface area is 112 Å². The molecule has 1 aromatic rings. The van der Waals surface area contributed by atoms with E-state index in [1.165, 1.54) is 42.8 Å². The smallest absolute Gasteiger partial charge is 0.0369 e. The van der Waals surface area contributed by atoms with Crippen molar-refractivity contribution in [1.82, 2.24) is 0 Å². The molecule has 0 radical (unpaired) electrons. The van der Waals surface area contributed by atoms with Gasteiger partial charge in [-0.1, -0.05) is 38.1 Å². The van der Waals surface area contributed by atoms with Gasteiger partial charge < -0.3 is 4.90 Å². The fourth-order valence-electron chi connectivity index (χ4n) is 2.71. The topological polar surface area (TPSA) is 3.24 Å². The SMILES string of the molecule is C=C(C)C1CCN(c2cccc(C(C)C)c2)CC1. The number of hydrogen-bond donors (Lipinski definition) is 0. The molecule has 1 aliphatic rings. The van der Waals surface area contributed by atoms with Gasteiger partial charge in [-0.05, 0) is 49.3 Å². The van der Waals surface area contributed by atoms with Gasteiger partial charge in [-0.15, -0.1) is 0 Å². The van der Waals surface area contributed by atoms with Gasteiger partial charge in [0.05, 0.1) is 0 Å². The van der Waals surface area contributed by atoms with Crippen LogP contribution >= 0.6 is 0 Å². The average molecular weight is 243 g/mol. The van der Waals surface area contributed by atoms with Crippen molar-refractivity contribution in [2.75, 3.05) is 18.0 Å². The van der Waals surface area contributed by atoms with Gasteiger partial charge in [0.25, 0.3) is 0 Å². The molecule has 0 spiro atoms. The van der Waals surface area contributed by atoms with Crippen LogP contribution in [0.3, 0.4) is 0 Å². The summed E-state index contributed by atoms with van der Waals surface area (Å²) in [7, 11) is 0. The van der Waals surface area contributed by atoms with Crippen molar-refractivity contribution in [3.8, 4) is 0 Å². The third-order valence-electron chi connectivity index (χ3n) is 4.09. The predicted molar refractivity (Wildman–Crippen MR) is 80.3 cm³/mol. The number of rotatable bonds is 3. The van der Waals surface area contributed by atoms with Crippen LogP contribution < -0.4 is 4.90 Å². The minimum Gasteiger partial charge on any atom is -0.371 e. The normalized spacial score (nSPS) is 17.2. The Hall–Kier alpha value is -1.24. The molecule has 1 aliphatic heterocycles. The van der Waals surface area contributed by atoms with E-state index in [1.54, 1.807) is 0 Å². The minimum atomic E-state index is 0.609. The zero-order chi connectivity index (χ0) is 13.1.